The quantitative estimate of drug-likeness (QED) is 0.804. The molecule has 2 fully saturated rings. The smallest absolute Gasteiger partial charge is 0.252 e. The third-order valence-corrected chi connectivity index (χ3v) is 7.61. The van der Waals surface area contributed by atoms with Crippen molar-refractivity contribution in [2.24, 2.45) is 5.92 Å². The first kappa shape index (κ1) is 14.5. The molecular weight excluding hydrogens is 364 g/mol. The van der Waals surface area contributed by atoms with Crippen LogP contribution in [0.2, 0.25) is 0 Å². The van der Waals surface area contributed by atoms with Crippen molar-refractivity contribution >= 4 is 43.2 Å². The molecule has 1 saturated heterocycles. The van der Waals surface area contributed by atoms with Gasteiger partial charge in [0.05, 0.1) is 3.79 Å². The monoisotopic (exact) mass is 378 g/mol. The van der Waals surface area contributed by atoms with Gasteiger partial charge in [-0.2, -0.15) is 4.31 Å². The Balaban J connectivity index is 1.66. The van der Waals surface area contributed by atoms with E-state index in [1.807, 2.05) is 0 Å². The minimum Gasteiger partial charge on any atom is -0.340 e. The van der Waals surface area contributed by atoms with Gasteiger partial charge in [-0.1, -0.05) is 0 Å². The summed E-state index contributed by atoms with van der Waals surface area (Å²) >= 11 is 4.50. The number of hydrogen-bond acceptors (Lipinski definition) is 4. The molecule has 1 aromatic heterocycles. The largest absolute Gasteiger partial charge is 0.340 e. The first-order chi connectivity index (χ1) is 9.48. The van der Waals surface area contributed by atoms with Crippen LogP contribution in [0, 0.1) is 5.92 Å². The molecule has 1 saturated carbocycles. The second-order valence-corrected chi connectivity index (χ2v) is 9.69. The number of piperazine rings is 1. The number of hydrogen-bond donors (Lipinski definition) is 0. The Bertz CT molecular complexity index is 616. The lowest BCUT2D eigenvalue weighted by Crippen LogP contribution is -2.50. The van der Waals surface area contributed by atoms with E-state index in [1.54, 1.807) is 17.0 Å². The van der Waals surface area contributed by atoms with Gasteiger partial charge in [-0.05, 0) is 40.9 Å². The minimum absolute atomic E-state index is 0.195. The number of rotatable bonds is 3. The van der Waals surface area contributed by atoms with Crippen LogP contribution < -0.4 is 0 Å². The summed E-state index contributed by atoms with van der Waals surface area (Å²) < 4.78 is 27.5. The van der Waals surface area contributed by atoms with E-state index < -0.39 is 10.0 Å². The molecule has 5 nitrogen and oxygen atoms in total. The molecule has 0 N–H and O–H groups in total. The molecular formula is C12H15BrN2O3S2. The van der Waals surface area contributed by atoms with Crippen LogP contribution in [0.3, 0.4) is 0 Å². The summed E-state index contributed by atoms with van der Waals surface area (Å²) in [4.78, 5) is 13.7. The van der Waals surface area contributed by atoms with Gasteiger partial charge in [0.25, 0.3) is 10.0 Å². The van der Waals surface area contributed by atoms with Crippen molar-refractivity contribution in [1.29, 1.82) is 0 Å². The van der Waals surface area contributed by atoms with Gasteiger partial charge in [-0.15, -0.1) is 11.3 Å². The van der Waals surface area contributed by atoms with Gasteiger partial charge in [-0.3, -0.25) is 4.79 Å². The van der Waals surface area contributed by atoms with Gasteiger partial charge in [0.1, 0.15) is 4.21 Å². The van der Waals surface area contributed by atoms with Gasteiger partial charge in [0.2, 0.25) is 5.91 Å². The molecule has 2 aliphatic rings. The fourth-order valence-corrected chi connectivity index (χ4v) is 5.89. The van der Waals surface area contributed by atoms with E-state index in [1.165, 1.54) is 15.6 Å². The molecule has 2 heterocycles. The van der Waals surface area contributed by atoms with Gasteiger partial charge in [0.15, 0.2) is 0 Å². The van der Waals surface area contributed by atoms with Crippen molar-refractivity contribution in [2.75, 3.05) is 26.2 Å². The fraction of sp³-hybridized carbons (Fsp3) is 0.583. The first-order valence-electron chi connectivity index (χ1n) is 6.53. The lowest BCUT2D eigenvalue weighted by Gasteiger charge is -2.33. The maximum absolute atomic E-state index is 12.4. The molecule has 0 bridgehead atoms. The van der Waals surface area contributed by atoms with E-state index in [0.717, 1.165) is 16.6 Å². The van der Waals surface area contributed by atoms with E-state index in [-0.39, 0.29) is 11.8 Å². The highest BCUT2D eigenvalue weighted by Gasteiger charge is 2.36. The molecule has 0 spiro atoms. The molecule has 1 aliphatic heterocycles. The highest BCUT2D eigenvalue weighted by molar-refractivity contribution is 9.11. The molecule has 3 rings (SSSR count). The van der Waals surface area contributed by atoms with Gasteiger partial charge in [0, 0.05) is 32.1 Å². The number of amides is 1. The van der Waals surface area contributed by atoms with E-state index in [0.29, 0.717) is 30.4 Å². The van der Waals surface area contributed by atoms with Crippen molar-refractivity contribution in [3.8, 4) is 0 Å². The highest BCUT2D eigenvalue weighted by Crippen LogP contribution is 2.32. The van der Waals surface area contributed by atoms with Crippen LogP contribution in [0.4, 0.5) is 0 Å². The Hall–Kier alpha value is -0.440. The van der Waals surface area contributed by atoms with Gasteiger partial charge < -0.3 is 4.90 Å². The maximum Gasteiger partial charge on any atom is 0.252 e. The summed E-state index contributed by atoms with van der Waals surface area (Å²) in [7, 11) is -3.41. The van der Waals surface area contributed by atoms with E-state index in [4.69, 9.17) is 0 Å². The van der Waals surface area contributed by atoms with Gasteiger partial charge in [-0.25, -0.2) is 8.42 Å². The Kier molecular flexibility index (Phi) is 3.91. The molecule has 1 aliphatic carbocycles. The van der Waals surface area contributed by atoms with Gasteiger partial charge >= 0.3 is 0 Å². The molecule has 110 valence electrons. The van der Waals surface area contributed by atoms with Crippen molar-refractivity contribution in [3.63, 3.8) is 0 Å². The summed E-state index contributed by atoms with van der Waals surface area (Å²) in [6.07, 6.45) is 1.97. The lowest BCUT2D eigenvalue weighted by molar-refractivity contribution is -0.133. The van der Waals surface area contributed by atoms with E-state index in [9.17, 15) is 13.2 Å². The number of thiophene rings is 1. The first-order valence-corrected chi connectivity index (χ1v) is 9.58. The van der Waals surface area contributed by atoms with Crippen molar-refractivity contribution < 1.29 is 13.2 Å². The number of carbonyl (C=O) groups is 1. The zero-order valence-electron chi connectivity index (χ0n) is 10.8. The number of nitrogens with zero attached hydrogens (tertiary/aromatic N) is 2. The number of halogens is 1. The normalized spacial score (nSPS) is 21.1. The third-order valence-electron chi connectivity index (χ3n) is 3.62. The van der Waals surface area contributed by atoms with Crippen LogP contribution in [0.1, 0.15) is 12.8 Å². The average Bonchev–Trinajstić information content (AvgIpc) is 3.19. The van der Waals surface area contributed by atoms with Crippen LogP contribution in [-0.4, -0.2) is 49.7 Å². The zero-order valence-corrected chi connectivity index (χ0v) is 14.0. The number of sulfonamides is 1. The van der Waals surface area contributed by atoms with Crippen molar-refractivity contribution in [3.05, 3.63) is 15.9 Å². The second kappa shape index (κ2) is 5.40. The molecule has 20 heavy (non-hydrogen) atoms. The molecule has 0 atom stereocenters. The Labute approximate surface area is 130 Å². The fourth-order valence-electron chi connectivity index (χ4n) is 2.30. The highest BCUT2D eigenvalue weighted by atomic mass is 79.9. The average molecular weight is 379 g/mol. The SMILES string of the molecule is O=C(C1CC1)N1CCN(S(=O)(=O)c2ccc(Br)s2)CC1. The van der Waals surface area contributed by atoms with Crippen LogP contribution in [-0.2, 0) is 14.8 Å². The zero-order chi connectivity index (χ0) is 14.3. The Morgan fingerprint density at radius 1 is 1.20 bits per heavy atom. The predicted molar refractivity (Wildman–Crippen MR) is 80.1 cm³/mol. The molecule has 0 radical (unpaired) electrons. The molecule has 0 aromatic carbocycles. The van der Waals surface area contributed by atoms with Crippen LogP contribution >= 0.6 is 27.3 Å². The topological polar surface area (TPSA) is 57.7 Å². The van der Waals surface area contributed by atoms with E-state index in [2.05, 4.69) is 15.9 Å². The summed E-state index contributed by atoms with van der Waals surface area (Å²) in [6, 6.07) is 3.36. The minimum atomic E-state index is -3.41. The standard InChI is InChI=1S/C12H15BrN2O3S2/c13-10-3-4-11(19-10)20(17,18)15-7-5-14(6-8-15)12(16)9-1-2-9/h3-4,9H,1-2,5-8H2. The summed E-state index contributed by atoms with van der Waals surface area (Å²) in [5, 5.41) is 0. The van der Waals surface area contributed by atoms with Crippen LogP contribution in [0.25, 0.3) is 0 Å². The molecule has 1 aromatic rings. The maximum atomic E-state index is 12.4. The predicted octanol–water partition coefficient (Wildman–Crippen LogP) is 1.75. The summed E-state index contributed by atoms with van der Waals surface area (Å²) in [5.41, 5.74) is 0. The molecule has 0 unspecified atom stereocenters. The summed E-state index contributed by atoms with van der Waals surface area (Å²) in [6.45, 7) is 1.77. The van der Waals surface area contributed by atoms with E-state index >= 15 is 0 Å². The lowest BCUT2D eigenvalue weighted by atomic mass is 10.3. The summed E-state index contributed by atoms with van der Waals surface area (Å²) in [5.74, 6) is 0.396. The molecule has 8 heteroatoms. The number of carbonyl (C=O) groups excluding carboxylic acids is 1. The van der Waals surface area contributed by atoms with Crippen LogP contribution in [0.5, 0.6) is 0 Å². The van der Waals surface area contributed by atoms with Crippen molar-refractivity contribution in [1.82, 2.24) is 9.21 Å². The van der Waals surface area contributed by atoms with Crippen molar-refractivity contribution in [2.45, 2.75) is 17.1 Å². The second-order valence-electron chi connectivity index (χ2n) is 5.06. The Morgan fingerprint density at radius 2 is 1.85 bits per heavy atom. The third kappa shape index (κ3) is 2.79. The molecule has 1 amide bonds. The Morgan fingerprint density at radius 3 is 2.35 bits per heavy atom. The van der Waals surface area contributed by atoms with Crippen LogP contribution in [0.15, 0.2) is 20.1 Å².